The number of hydrogen-bond acceptors (Lipinski definition) is 3. The Morgan fingerprint density at radius 1 is 1.47 bits per heavy atom. The first kappa shape index (κ1) is 13.0. The smallest absolute Gasteiger partial charge is 0.308 e. The SMILES string of the molecule is CC(C)(C)O[C@@H]1OC(=O)CC(C)(C)[C@H]1Br. The van der Waals surface area contributed by atoms with Crippen LogP contribution in [0.2, 0.25) is 0 Å². The van der Waals surface area contributed by atoms with Gasteiger partial charge in [0.15, 0.2) is 0 Å². The largest absolute Gasteiger partial charge is 0.434 e. The highest BCUT2D eigenvalue weighted by Gasteiger charge is 2.44. The Hall–Kier alpha value is -0.0900. The Morgan fingerprint density at radius 2 is 2.00 bits per heavy atom. The van der Waals surface area contributed by atoms with Gasteiger partial charge in [0, 0.05) is 0 Å². The molecule has 0 unspecified atom stereocenters. The van der Waals surface area contributed by atoms with Gasteiger partial charge in [0.1, 0.15) is 0 Å². The van der Waals surface area contributed by atoms with Gasteiger partial charge < -0.3 is 9.47 Å². The van der Waals surface area contributed by atoms with Gasteiger partial charge in [-0.05, 0) is 26.2 Å². The Morgan fingerprint density at radius 3 is 2.47 bits per heavy atom. The summed E-state index contributed by atoms with van der Waals surface area (Å²) in [7, 11) is 0. The first-order valence-electron chi connectivity index (χ1n) is 5.13. The third-order valence-corrected chi connectivity index (χ3v) is 3.97. The monoisotopic (exact) mass is 278 g/mol. The summed E-state index contributed by atoms with van der Waals surface area (Å²) >= 11 is 3.55. The van der Waals surface area contributed by atoms with E-state index >= 15 is 0 Å². The van der Waals surface area contributed by atoms with E-state index < -0.39 is 6.29 Å². The average molecular weight is 279 g/mol. The molecule has 1 heterocycles. The molecule has 0 saturated carbocycles. The number of carbonyl (C=O) groups excluding carboxylic acids is 1. The molecule has 15 heavy (non-hydrogen) atoms. The Labute approximate surface area is 99.6 Å². The molecule has 0 spiro atoms. The maximum absolute atomic E-state index is 11.4. The van der Waals surface area contributed by atoms with Crippen LogP contribution < -0.4 is 0 Å². The van der Waals surface area contributed by atoms with Crippen LogP contribution in [0, 0.1) is 5.41 Å². The van der Waals surface area contributed by atoms with Crippen LogP contribution in [-0.2, 0) is 14.3 Å². The third-order valence-electron chi connectivity index (χ3n) is 2.30. The second-order valence-corrected chi connectivity index (χ2v) is 6.64. The molecule has 3 nitrogen and oxygen atoms in total. The molecular formula is C11H19BrO3. The molecule has 88 valence electrons. The van der Waals surface area contributed by atoms with Gasteiger partial charge in [-0.1, -0.05) is 29.8 Å². The molecule has 1 aliphatic heterocycles. The first-order valence-corrected chi connectivity index (χ1v) is 6.05. The van der Waals surface area contributed by atoms with Crippen molar-refractivity contribution in [1.29, 1.82) is 0 Å². The highest BCUT2D eigenvalue weighted by atomic mass is 79.9. The van der Waals surface area contributed by atoms with Crippen LogP contribution in [0.15, 0.2) is 0 Å². The highest BCUT2D eigenvalue weighted by Crippen LogP contribution is 2.39. The van der Waals surface area contributed by atoms with E-state index in [0.717, 1.165) is 0 Å². The Bertz CT molecular complexity index is 255. The van der Waals surface area contributed by atoms with Gasteiger partial charge in [-0.15, -0.1) is 0 Å². The summed E-state index contributed by atoms with van der Waals surface area (Å²) in [5.41, 5.74) is -0.449. The van der Waals surface area contributed by atoms with Crippen molar-refractivity contribution < 1.29 is 14.3 Å². The minimum atomic E-state index is -0.499. The number of hydrogen-bond donors (Lipinski definition) is 0. The van der Waals surface area contributed by atoms with Crippen molar-refractivity contribution >= 4 is 21.9 Å². The predicted octanol–water partition coefficient (Wildman–Crippen LogP) is 2.86. The Kier molecular flexibility index (Phi) is 3.51. The summed E-state index contributed by atoms with van der Waals surface area (Å²) in [6.07, 6.45) is -0.0753. The van der Waals surface area contributed by atoms with Crippen molar-refractivity contribution in [3.8, 4) is 0 Å². The van der Waals surface area contributed by atoms with Crippen molar-refractivity contribution in [3.63, 3.8) is 0 Å². The van der Waals surface area contributed by atoms with Gasteiger partial charge in [0.05, 0.1) is 16.8 Å². The van der Waals surface area contributed by atoms with E-state index in [1.54, 1.807) is 0 Å². The van der Waals surface area contributed by atoms with Gasteiger partial charge in [0.25, 0.3) is 0 Å². The second kappa shape index (κ2) is 4.06. The zero-order valence-electron chi connectivity index (χ0n) is 9.96. The van der Waals surface area contributed by atoms with E-state index in [4.69, 9.17) is 9.47 Å². The lowest BCUT2D eigenvalue weighted by atomic mass is 9.83. The summed E-state index contributed by atoms with van der Waals surface area (Å²) in [5, 5.41) is 0. The van der Waals surface area contributed by atoms with Gasteiger partial charge in [-0.3, -0.25) is 4.79 Å². The van der Waals surface area contributed by atoms with Crippen molar-refractivity contribution in [3.05, 3.63) is 0 Å². The van der Waals surface area contributed by atoms with Crippen molar-refractivity contribution in [2.75, 3.05) is 0 Å². The molecule has 0 bridgehead atoms. The second-order valence-electron chi connectivity index (χ2n) is 5.66. The minimum Gasteiger partial charge on any atom is -0.434 e. The van der Waals surface area contributed by atoms with E-state index in [0.29, 0.717) is 6.42 Å². The molecule has 0 radical (unpaired) electrons. The lowest BCUT2D eigenvalue weighted by molar-refractivity contribution is -0.221. The third kappa shape index (κ3) is 3.45. The minimum absolute atomic E-state index is 0.0296. The fourth-order valence-corrected chi connectivity index (χ4v) is 1.88. The number of alkyl halides is 1. The fraction of sp³-hybridized carbons (Fsp3) is 0.909. The number of rotatable bonds is 1. The van der Waals surface area contributed by atoms with Gasteiger partial charge in [-0.25, -0.2) is 0 Å². The molecule has 0 aromatic rings. The number of esters is 1. The molecule has 0 aromatic heterocycles. The van der Waals surface area contributed by atoms with Crippen LogP contribution in [0.3, 0.4) is 0 Å². The summed E-state index contributed by atoms with van der Waals surface area (Å²) in [5.74, 6) is -0.190. The van der Waals surface area contributed by atoms with Crippen molar-refractivity contribution in [1.82, 2.24) is 0 Å². The molecule has 1 aliphatic rings. The predicted molar refractivity (Wildman–Crippen MR) is 61.8 cm³/mol. The van der Waals surface area contributed by atoms with Crippen LogP contribution in [0.4, 0.5) is 0 Å². The number of halogens is 1. The van der Waals surface area contributed by atoms with Crippen LogP contribution in [0.5, 0.6) is 0 Å². The molecule has 1 fully saturated rings. The lowest BCUT2D eigenvalue weighted by Crippen LogP contribution is -2.48. The maximum Gasteiger partial charge on any atom is 0.308 e. The zero-order chi connectivity index (χ0) is 11.9. The summed E-state index contributed by atoms with van der Waals surface area (Å²) in [6.45, 7) is 9.91. The molecule has 1 saturated heterocycles. The molecule has 0 amide bonds. The van der Waals surface area contributed by atoms with Gasteiger partial charge in [0.2, 0.25) is 6.29 Å². The number of cyclic esters (lactones) is 1. The van der Waals surface area contributed by atoms with E-state index in [1.165, 1.54) is 0 Å². The lowest BCUT2D eigenvalue weighted by Gasteiger charge is -2.41. The maximum atomic E-state index is 11.4. The molecule has 2 atom stereocenters. The van der Waals surface area contributed by atoms with Gasteiger partial charge >= 0.3 is 5.97 Å². The molecule has 0 aliphatic carbocycles. The molecule has 0 aromatic carbocycles. The van der Waals surface area contributed by atoms with Crippen LogP contribution in [-0.4, -0.2) is 22.7 Å². The van der Waals surface area contributed by atoms with Crippen LogP contribution in [0.1, 0.15) is 41.0 Å². The summed E-state index contributed by atoms with van der Waals surface area (Å²) in [6, 6.07) is 0. The highest BCUT2D eigenvalue weighted by molar-refractivity contribution is 9.09. The zero-order valence-corrected chi connectivity index (χ0v) is 11.6. The van der Waals surface area contributed by atoms with Crippen molar-refractivity contribution in [2.24, 2.45) is 5.41 Å². The standard InChI is InChI=1S/C11H19BrO3/c1-10(2,3)15-9-8(12)11(4,5)6-7(13)14-9/h8-9H,6H2,1-5H3/t8-,9-/m0/s1. The molecule has 1 rings (SSSR count). The van der Waals surface area contributed by atoms with E-state index in [9.17, 15) is 4.79 Å². The van der Waals surface area contributed by atoms with Crippen LogP contribution in [0.25, 0.3) is 0 Å². The fourth-order valence-electron chi connectivity index (χ4n) is 1.50. The average Bonchev–Trinajstić information content (AvgIpc) is 1.95. The number of ether oxygens (including phenoxy) is 2. The topological polar surface area (TPSA) is 35.5 Å². The van der Waals surface area contributed by atoms with E-state index in [2.05, 4.69) is 15.9 Å². The molecule has 4 heteroatoms. The quantitative estimate of drug-likeness (QED) is 0.547. The summed E-state index contributed by atoms with van der Waals surface area (Å²) in [4.78, 5) is 11.4. The van der Waals surface area contributed by atoms with Gasteiger partial charge in [-0.2, -0.15) is 0 Å². The molecular weight excluding hydrogens is 260 g/mol. The molecule has 0 N–H and O–H groups in total. The van der Waals surface area contributed by atoms with E-state index in [1.807, 2.05) is 34.6 Å². The Balaban J connectivity index is 2.76. The van der Waals surface area contributed by atoms with Crippen molar-refractivity contribution in [2.45, 2.75) is 57.8 Å². The number of carbonyl (C=O) groups is 1. The van der Waals surface area contributed by atoms with E-state index in [-0.39, 0.29) is 21.8 Å². The normalized spacial score (nSPS) is 31.2. The first-order chi connectivity index (χ1) is 6.62. The van der Waals surface area contributed by atoms with Crippen LogP contribution >= 0.6 is 15.9 Å². The summed E-state index contributed by atoms with van der Waals surface area (Å²) < 4.78 is 10.9.